The molecule has 1 rings (SSSR count). The Hall–Kier alpha value is -1.55. The van der Waals surface area contributed by atoms with Gasteiger partial charge >= 0.3 is 0 Å². The highest BCUT2D eigenvalue weighted by Crippen LogP contribution is 2.24. The third kappa shape index (κ3) is 4.24. The lowest BCUT2D eigenvalue weighted by Gasteiger charge is -2.24. The molecule has 0 aliphatic rings. The Bertz CT molecular complexity index is 400. The Morgan fingerprint density at radius 3 is 2.11 bits per heavy atom. The van der Waals surface area contributed by atoms with Crippen molar-refractivity contribution in [1.82, 2.24) is 5.32 Å². The van der Waals surface area contributed by atoms with E-state index in [0.717, 1.165) is 11.3 Å². The molecule has 0 spiro atoms. The molecule has 0 aliphatic carbocycles. The van der Waals surface area contributed by atoms with E-state index in [-0.39, 0.29) is 11.9 Å². The van der Waals surface area contributed by atoms with Gasteiger partial charge in [-0.25, -0.2) is 0 Å². The van der Waals surface area contributed by atoms with Crippen LogP contribution in [0, 0.1) is 5.92 Å². The smallest absolute Gasteiger partial charge is 0.249 e. The van der Waals surface area contributed by atoms with Gasteiger partial charge in [0.2, 0.25) is 5.91 Å². The zero-order chi connectivity index (χ0) is 14.4. The van der Waals surface area contributed by atoms with Gasteiger partial charge in [-0.15, -0.1) is 0 Å². The SMILES string of the molecule is COc1ccc(C(NC(=O)C(C)OC)C(C)C)cc1. The highest BCUT2D eigenvalue weighted by atomic mass is 16.5. The van der Waals surface area contributed by atoms with Gasteiger partial charge in [-0.3, -0.25) is 4.79 Å². The first kappa shape index (κ1) is 15.5. The fraction of sp³-hybridized carbons (Fsp3) is 0.533. The zero-order valence-corrected chi connectivity index (χ0v) is 12.3. The van der Waals surface area contributed by atoms with Crippen molar-refractivity contribution in [3.63, 3.8) is 0 Å². The maximum absolute atomic E-state index is 11.9. The fourth-order valence-electron chi connectivity index (χ4n) is 1.82. The van der Waals surface area contributed by atoms with Crippen LogP contribution < -0.4 is 10.1 Å². The molecule has 2 unspecified atom stereocenters. The maximum Gasteiger partial charge on any atom is 0.249 e. The molecule has 0 saturated carbocycles. The maximum atomic E-state index is 11.9. The predicted octanol–water partition coefficient (Wildman–Crippen LogP) is 2.54. The van der Waals surface area contributed by atoms with Gasteiger partial charge in [0.25, 0.3) is 0 Å². The summed E-state index contributed by atoms with van der Waals surface area (Å²) in [5, 5.41) is 3.02. The normalized spacial score (nSPS) is 14.0. The second-order valence-corrected chi connectivity index (χ2v) is 4.88. The van der Waals surface area contributed by atoms with Crippen molar-refractivity contribution in [2.24, 2.45) is 5.92 Å². The lowest BCUT2D eigenvalue weighted by Crippen LogP contribution is -2.38. The number of hydrogen-bond donors (Lipinski definition) is 1. The highest BCUT2D eigenvalue weighted by molar-refractivity contribution is 5.80. The summed E-state index contributed by atoms with van der Waals surface area (Å²) < 4.78 is 10.2. The van der Waals surface area contributed by atoms with Crippen molar-refractivity contribution in [3.05, 3.63) is 29.8 Å². The molecule has 0 fully saturated rings. The van der Waals surface area contributed by atoms with Gasteiger partial charge in [0.1, 0.15) is 11.9 Å². The van der Waals surface area contributed by atoms with Crippen molar-refractivity contribution < 1.29 is 14.3 Å². The average molecular weight is 265 g/mol. The van der Waals surface area contributed by atoms with Crippen LogP contribution in [0.2, 0.25) is 0 Å². The number of carbonyl (C=O) groups excluding carboxylic acids is 1. The van der Waals surface area contributed by atoms with E-state index in [0.29, 0.717) is 5.92 Å². The molecule has 0 aliphatic heterocycles. The molecule has 4 nitrogen and oxygen atoms in total. The Kier molecular flexibility index (Phi) is 5.83. The monoisotopic (exact) mass is 265 g/mol. The van der Waals surface area contributed by atoms with Crippen molar-refractivity contribution in [2.75, 3.05) is 14.2 Å². The number of hydrogen-bond acceptors (Lipinski definition) is 3. The second kappa shape index (κ2) is 7.14. The molecule has 1 amide bonds. The number of ether oxygens (including phenoxy) is 2. The summed E-state index contributed by atoms with van der Waals surface area (Å²) in [6, 6.07) is 7.71. The van der Waals surface area contributed by atoms with Crippen LogP contribution in [0.3, 0.4) is 0 Å². The lowest BCUT2D eigenvalue weighted by molar-refractivity contribution is -0.131. The van der Waals surface area contributed by atoms with Crippen molar-refractivity contribution in [3.8, 4) is 5.75 Å². The molecule has 0 aromatic heterocycles. The van der Waals surface area contributed by atoms with Crippen LogP contribution in [0.5, 0.6) is 5.75 Å². The van der Waals surface area contributed by atoms with E-state index in [1.54, 1.807) is 14.0 Å². The largest absolute Gasteiger partial charge is 0.497 e. The molecule has 1 N–H and O–H groups in total. The Morgan fingerprint density at radius 2 is 1.68 bits per heavy atom. The topological polar surface area (TPSA) is 47.6 Å². The molecule has 0 saturated heterocycles. The van der Waals surface area contributed by atoms with E-state index in [9.17, 15) is 4.79 Å². The number of nitrogens with one attached hydrogen (secondary N) is 1. The van der Waals surface area contributed by atoms with Crippen molar-refractivity contribution in [2.45, 2.75) is 32.9 Å². The average Bonchev–Trinajstić information content (AvgIpc) is 2.43. The van der Waals surface area contributed by atoms with Gasteiger partial charge < -0.3 is 14.8 Å². The summed E-state index contributed by atoms with van der Waals surface area (Å²) in [7, 11) is 3.17. The van der Waals surface area contributed by atoms with Gasteiger partial charge in [-0.2, -0.15) is 0 Å². The van der Waals surface area contributed by atoms with Crippen LogP contribution in [-0.4, -0.2) is 26.2 Å². The van der Waals surface area contributed by atoms with Crippen LogP contribution in [0.25, 0.3) is 0 Å². The fourth-order valence-corrected chi connectivity index (χ4v) is 1.82. The minimum absolute atomic E-state index is 0.0315. The Labute approximate surface area is 115 Å². The first-order valence-corrected chi connectivity index (χ1v) is 6.46. The number of benzene rings is 1. The molecule has 4 heteroatoms. The Balaban J connectivity index is 2.84. The zero-order valence-electron chi connectivity index (χ0n) is 12.3. The van der Waals surface area contributed by atoms with Gasteiger partial charge in [-0.1, -0.05) is 26.0 Å². The van der Waals surface area contributed by atoms with E-state index >= 15 is 0 Å². The molecule has 106 valence electrons. The van der Waals surface area contributed by atoms with E-state index < -0.39 is 6.10 Å². The minimum atomic E-state index is -0.445. The van der Waals surface area contributed by atoms with E-state index in [2.05, 4.69) is 19.2 Å². The summed E-state index contributed by atoms with van der Waals surface area (Å²) in [4.78, 5) is 11.9. The molecule has 0 radical (unpaired) electrons. The number of methoxy groups -OCH3 is 2. The third-order valence-corrected chi connectivity index (χ3v) is 3.16. The summed E-state index contributed by atoms with van der Waals surface area (Å²) in [5.41, 5.74) is 1.06. The standard InChI is InChI=1S/C15H23NO3/c1-10(2)14(16-15(17)11(3)18-4)12-6-8-13(19-5)9-7-12/h6-11,14H,1-5H3,(H,16,17). The minimum Gasteiger partial charge on any atom is -0.497 e. The summed E-state index contributed by atoms with van der Waals surface area (Å²) >= 11 is 0. The predicted molar refractivity (Wildman–Crippen MR) is 75.2 cm³/mol. The van der Waals surface area contributed by atoms with Crippen LogP contribution in [-0.2, 0) is 9.53 Å². The number of carbonyl (C=O) groups is 1. The van der Waals surface area contributed by atoms with Crippen molar-refractivity contribution >= 4 is 5.91 Å². The van der Waals surface area contributed by atoms with Gasteiger partial charge in [-0.05, 0) is 30.5 Å². The van der Waals surface area contributed by atoms with Crippen molar-refractivity contribution in [1.29, 1.82) is 0 Å². The van der Waals surface area contributed by atoms with Gasteiger partial charge in [0, 0.05) is 7.11 Å². The molecule has 0 heterocycles. The third-order valence-electron chi connectivity index (χ3n) is 3.16. The van der Waals surface area contributed by atoms with Crippen LogP contribution in [0.15, 0.2) is 24.3 Å². The molecule has 1 aromatic carbocycles. The number of rotatable bonds is 6. The van der Waals surface area contributed by atoms with E-state index in [1.807, 2.05) is 24.3 Å². The summed E-state index contributed by atoms with van der Waals surface area (Å²) in [6.45, 7) is 5.89. The quantitative estimate of drug-likeness (QED) is 0.860. The first-order valence-electron chi connectivity index (χ1n) is 6.46. The molecule has 0 bridgehead atoms. The molecular weight excluding hydrogens is 242 g/mol. The van der Waals surface area contributed by atoms with Crippen LogP contribution in [0.1, 0.15) is 32.4 Å². The molecule has 19 heavy (non-hydrogen) atoms. The number of amides is 1. The Morgan fingerprint density at radius 1 is 1.11 bits per heavy atom. The van der Waals surface area contributed by atoms with Crippen LogP contribution >= 0.6 is 0 Å². The highest BCUT2D eigenvalue weighted by Gasteiger charge is 2.21. The van der Waals surface area contributed by atoms with Crippen LogP contribution in [0.4, 0.5) is 0 Å². The van der Waals surface area contributed by atoms with Gasteiger partial charge in [0.15, 0.2) is 0 Å². The molecular formula is C15H23NO3. The van der Waals surface area contributed by atoms with E-state index in [1.165, 1.54) is 7.11 Å². The molecule has 2 atom stereocenters. The summed E-state index contributed by atoms with van der Waals surface area (Å²) in [5.74, 6) is 1.00. The molecule has 1 aromatic rings. The first-order chi connectivity index (χ1) is 8.99. The lowest BCUT2D eigenvalue weighted by atomic mass is 9.95. The second-order valence-electron chi connectivity index (χ2n) is 4.88. The summed E-state index contributed by atoms with van der Waals surface area (Å²) in [6.07, 6.45) is -0.445. The van der Waals surface area contributed by atoms with E-state index in [4.69, 9.17) is 9.47 Å². The van der Waals surface area contributed by atoms with Gasteiger partial charge in [0.05, 0.1) is 13.2 Å².